The van der Waals surface area contributed by atoms with Crippen LogP contribution in [0.15, 0.2) is 19.8 Å². The van der Waals surface area contributed by atoms with Crippen LogP contribution in [0.2, 0.25) is 0 Å². The van der Waals surface area contributed by atoms with Crippen LogP contribution in [0.4, 0.5) is 0 Å². The van der Waals surface area contributed by atoms with Crippen molar-refractivity contribution in [2.75, 3.05) is 7.11 Å². The molecule has 4 nitrogen and oxygen atoms in total. The number of carbonyl (C=O) groups is 1. The summed E-state index contributed by atoms with van der Waals surface area (Å²) in [5, 5.41) is 0. The van der Waals surface area contributed by atoms with Crippen LogP contribution in [0.1, 0.15) is 10.5 Å². The highest BCUT2D eigenvalue weighted by molar-refractivity contribution is 9.11. The van der Waals surface area contributed by atoms with Gasteiger partial charge in [0.05, 0.1) is 11.6 Å². The van der Waals surface area contributed by atoms with E-state index in [1.165, 1.54) is 13.2 Å². The second-order valence-corrected chi connectivity index (χ2v) is 3.87. The van der Waals surface area contributed by atoms with Crippen molar-refractivity contribution >= 4 is 37.8 Å². The van der Waals surface area contributed by atoms with Crippen molar-refractivity contribution in [3.63, 3.8) is 0 Å². The predicted molar refractivity (Wildman–Crippen MR) is 53.8 cm³/mol. The lowest BCUT2D eigenvalue weighted by atomic mass is 10.3. The lowest BCUT2D eigenvalue weighted by Crippen LogP contribution is -2.15. The number of aromatic nitrogens is 1. The molecule has 0 aromatic carbocycles. The third kappa shape index (κ3) is 2.19. The molecule has 1 rings (SSSR count). The molecule has 0 bridgehead atoms. The van der Waals surface area contributed by atoms with Crippen LogP contribution >= 0.6 is 31.9 Å². The highest BCUT2D eigenvalue weighted by Gasteiger charge is 2.12. The molecule has 1 heterocycles. The Hall–Kier alpha value is -0.620. The van der Waals surface area contributed by atoms with Crippen LogP contribution in [0.25, 0.3) is 0 Å². The van der Waals surface area contributed by atoms with Crippen LogP contribution in [0.5, 0.6) is 0 Å². The second kappa shape index (κ2) is 4.06. The fourth-order valence-corrected chi connectivity index (χ4v) is 1.86. The van der Waals surface area contributed by atoms with Crippen molar-refractivity contribution in [3.8, 4) is 0 Å². The van der Waals surface area contributed by atoms with Gasteiger partial charge in [0.25, 0.3) is 5.56 Å². The molecule has 0 aliphatic carbocycles. The van der Waals surface area contributed by atoms with E-state index in [9.17, 15) is 9.59 Å². The lowest BCUT2D eigenvalue weighted by Gasteiger charge is -2.01. The molecule has 70 valence electrons. The van der Waals surface area contributed by atoms with Crippen molar-refractivity contribution in [1.82, 2.24) is 4.98 Å². The lowest BCUT2D eigenvalue weighted by molar-refractivity contribution is 0.0592. The van der Waals surface area contributed by atoms with E-state index in [0.29, 0.717) is 8.95 Å². The highest BCUT2D eigenvalue weighted by Crippen LogP contribution is 2.17. The van der Waals surface area contributed by atoms with E-state index in [1.54, 1.807) is 0 Å². The number of ether oxygens (including phenoxy) is 1. The van der Waals surface area contributed by atoms with Gasteiger partial charge in [0.1, 0.15) is 5.69 Å². The molecule has 13 heavy (non-hydrogen) atoms. The number of nitrogens with one attached hydrogen (secondary N) is 1. The smallest absolute Gasteiger partial charge is 0.355 e. The molecule has 0 aliphatic rings. The van der Waals surface area contributed by atoms with Crippen molar-refractivity contribution in [2.45, 2.75) is 0 Å². The Morgan fingerprint density at radius 3 is 2.62 bits per heavy atom. The number of esters is 1. The molecule has 1 aromatic rings. The summed E-state index contributed by atoms with van der Waals surface area (Å²) >= 11 is 6.15. The standard InChI is InChI=1S/C7H5Br2NO3/c1-13-7(12)5-3(8)2-4(9)6(11)10-5/h2H,1H3,(H,10,11). The quantitative estimate of drug-likeness (QED) is 0.803. The molecule has 1 aromatic heterocycles. The zero-order valence-electron chi connectivity index (χ0n) is 6.56. The van der Waals surface area contributed by atoms with Gasteiger partial charge >= 0.3 is 5.97 Å². The van der Waals surface area contributed by atoms with Crippen molar-refractivity contribution < 1.29 is 9.53 Å². The maximum atomic E-state index is 11.1. The largest absolute Gasteiger partial charge is 0.464 e. The van der Waals surface area contributed by atoms with Gasteiger partial charge in [-0.05, 0) is 37.9 Å². The number of aromatic amines is 1. The SMILES string of the molecule is COC(=O)c1[nH]c(=O)c(Br)cc1Br. The average Bonchev–Trinajstić information content (AvgIpc) is 2.10. The molecular formula is C7H5Br2NO3. The summed E-state index contributed by atoms with van der Waals surface area (Å²) in [6.07, 6.45) is 0. The molecule has 6 heteroatoms. The minimum Gasteiger partial charge on any atom is -0.464 e. The van der Waals surface area contributed by atoms with Gasteiger partial charge in [0.15, 0.2) is 0 Å². The third-order valence-electron chi connectivity index (χ3n) is 1.34. The van der Waals surface area contributed by atoms with E-state index in [2.05, 4.69) is 41.6 Å². The molecule has 1 N–H and O–H groups in total. The molecule has 0 radical (unpaired) electrons. The number of hydrogen-bond acceptors (Lipinski definition) is 3. The van der Waals surface area contributed by atoms with Gasteiger partial charge in [0, 0.05) is 4.47 Å². The van der Waals surface area contributed by atoms with E-state index in [-0.39, 0.29) is 11.3 Å². The van der Waals surface area contributed by atoms with Crippen molar-refractivity contribution in [1.29, 1.82) is 0 Å². The van der Waals surface area contributed by atoms with E-state index in [1.807, 2.05) is 0 Å². The second-order valence-electron chi connectivity index (χ2n) is 2.16. The van der Waals surface area contributed by atoms with Gasteiger partial charge in [-0.25, -0.2) is 4.79 Å². The predicted octanol–water partition coefficient (Wildman–Crippen LogP) is 1.69. The van der Waals surface area contributed by atoms with Crippen LogP contribution < -0.4 is 5.56 Å². The molecule has 0 atom stereocenters. The number of halogens is 2. The summed E-state index contributed by atoms with van der Waals surface area (Å²) in [4.78, 5) is 24.5. The van der Waals surface area contributed by atoms with Crippen molar-refractivity contribution in [3.05, 3.63) is 31.1 Å². The normalized spacial score (nSPS) is 9.77. The van der Waals surface area contributed by atoms with Gasteiger partial charge in [-0.1, -0.05) is 0 Å². The van der Waals surface area contributed by atoms with Gasteiger partial charge in [0.2, 0.25) is 0 Å². The first-order valence-corrected chi connectivity index (χ1v) is 4.81. The van der Waals surface area contributed by atoms with Gasteiger partial charge in [-0.3, -0.25) is 4.79 Å². The molecule has 0 unspecified atom stereocenters. The molecule has 0 aliphatic heterocycles. The number of H-pyrrole nitrogens is 1. The number of hydrogen-bond donors (Lipinski definition) is 1. The Morgan fingerprint density at radius 2 is 2.08 bits per heavy atom. The number of rotatable bonds is 1. The van der Waals surface area contributed by atoms with Gasteiger partial charge in [-0.15, -0.1) is 0 Å². The van der Waals surface area contributed by atoms with Crippen LogP contribution in [-0.2, 0) is 4.74 Å². The Labute approximate surface area is 90.6 Å². The van der Waals surface area contributed by atoms with Gasteiger partial charge < -0.3 is 9.72 Å². The number of pyridine rings is 1. The Kier molecular flexibility index (Phi) is 3.27. The minimum absolute atomic E-state index is 0.107. The monoisotopic (exact) mass is 309 g/mol. The molecular weight excluding hydrogens is 306 g/mol. The zero-order valence-corrected chi connectivity index (χ0v) is 9.73. The number of carbonyl (C=O) groups excluding carboxylic acids is 1. The fraction of sp³-hybridized carbons (Fsp3) is 0.143. The topological polar surface area (TPSA) is 59.2 Å². The summed E-state index contributed by atoms with van der Waals surface area (Å²) < 4.78 is 5.29. The zero-order chi connectivity index (χ0) is 10.0. The Morgan fingerprint density at radius 1 is 1.46 bits per heavy atom. The first-order valence-electron chi connectivity index (χ1n) is 3.23. The van der Waals surface area contributed by atoms with Crippen LogP contribution in [-0.4, -0.2) is 18.1 Å². The summed E-state index contributed by atoms with van der Waals surface area (Å²) in [7, 11) is 1.25. The summed E-state index contributed by atoms with van der Waals surface area (Å²) in [5.74, 6) is -0.587. The van der Waals surface area contributed by atoms with E-state index >= 15 is 0 Å². The van der Waals surface area contributed by atoms with E-state index < -0.39 is 5.97 Å². The molecule has 0 fully saturated rings. The first kappa shape index (κ1) is 10.5. The molecule has 0 saturated carbocycles. The maximum Gasteiger partial charge on any atom is 0.355 e. The van der Waals surface area contributed by atoms with E-state index in [0.717, 1.165) is 0 Å². The Balaban J connectivity index is 3.32. The molecule has 0 saturated heterocycles. The fourth-order valence-electron chi connectivity index (χ4n) is 0.733. The third-order valence-corrected chi connectivity index (χ3v) is 2.55. The molecule has 0 amide bonds. The highest BCUT2D eigenvalue weighted by atomic mass is 79.9. The molecule has 0 spiro atoms. The van der Waals surface area contributed by atoms with Crippen LogP contribution in [0, 0.1) is 0 Å². The Bertz CT molecular complexity index is 399. The maximum absolute atomic E-state index is 11.1. The summed E-state index contributed by atoms with van der Waals surface area (Å²) in [6, 6.07) is 1.49. The van der Waals surface area contributed by atoms with E-state index in [4.69, 9.17) is 0 Å². The summed E-state index contributed by atoms with van der Waals surface area (Å²) in [6.45, 7) is 0. The first-order chi connectivity index (χ1) is 6.06. The van der Waals surface area contributed by atoms with Gasteiger partial charge in [-0.2, -0.15) is 0 Å². The average molecular weight is 311 g/mol. The minimum atomic E-state index is -0.587. The number of methoxy groups -OCH3 is 1. The van der Waals surface area contributed by atoms with Crippen LogP contribution in [0.3, 0.4) is 0 Å². The van der Waals surface area contributed by atoms with Crippen molar-refractivity contribution in [2.24, 2.45) is 0 Å². The summed E-state index contributed by atoms with van der Waals surface area (Å²) in [5.41, 5.74) is -0.265.